The number of fused-ring (bicyclic) bond motifs is 3. The summed E-state index contributed by atoms with van der Waals surface area (Å²) in [5.41, 5.74) is 1.18. The largest absolute Gasteiger partial charge is 0.338 e. The fraction of sp³-hybridized carbons (Fsp3) is 0.789. The Morgan fingerprint density at radius 2 is 1.96 bits per heavy atom. The van der Waals surface area contributed by atoms with Gasteiger partial charge in [0.05, 0.1) is 6.20 Å². The minimum atomic E-state index is 0.0928. The van der Waals surface area contributed by atoms with Crippen molar-refractivity contribution in [2.24, 2.45) is 5.92 Å². The smallest absolute Gasteiger partial charge is 0.317 e. The number of hydrogen-bond donors (Lipinski definition) is 1. The normalized spacial score (nSPS) is 29.1. The van der Waals surface area contributed by atoms with Crippen LogP contribution in [0.4, 0.5) is 4.79 Å². The highest BCUT2D eigenvalue weighted by Gasteiger charge is 2.38. The Hall–Kier alpha value is -1.60. The number of urea groups is 1. The van der Waals surface area contributed by atoms with Gasteiger partial charge < -0.3 is 15.1 Å². The number of aryl methyl sites for hydroxylation is 2. The first kappa shape index (κ1) is 17.8. The van der Waals surface area contributed by atoms with E-state index in [1.807, 2.05) is 28.9 Å². The second kappa shape index (κ2) is 7.96. The lowest BCUT2D eigenvalue weighted by atomic mass is 9.83. The van der Waals surface area contributed by atoms with E-state index in [2.05, 4.69) is 20.2 Å². The second-order valence-corrected chi connectivity index (χ2v) is 8.09. The van der Waals surface area contributed by atoms with E-state index in [0.29, 0.717) is 6.54 Å². The molecule has 0 radical (unpaired) electrons. The lowest BCUT2D eigenvalue weighted by molar-refractivity contribution is -0.0103. The molecule has 4 aliphatic heterocycles. The molecule has 5 heterocycles. The Balaban J connectivity index is 1.15. The number of carbonyl (C=O) groups is 1. The molecular formula is C19H32N6O. The number of nitrogens with zero attached hydrogens (tertiary/aromatic N) is 5. The van der Waals surface area contributed by atoms with E-state index >= 15 is 0 Å². The van der Waals surface area contributed by atoms with E-state index < -0.39 is 0 Å². The second-order valence-electron chi connectivity index (χ2n) is 8.09. The van der Waals surface area contributed by atoms with Crippen LogP contribution < -0.4 is 5.32 Å². The molecule has 0 aromatic carbocycles. The third kappa shape index (κ3) is 4.04. The van der Waals surface area contributed by atoms with Crippen molar-refractivity contribution in [1.29, 1.82) is 0 Å². The minimum absolute atomic E-state index is 0.0928. The first-order chi connectivity index (χ1) is 12.7. The van der Waals surface area contributed by atoms with Gasteiger partial charge in [-0.05, 0) is 50.8 Å². The molecule has 26 heavy (non-hydrogen) atoms. The molecule has 0 unspecified atom stereocenters. The third-order valence-electron chi connectivity index (χ3n) is 6.29. The van der Waals surface area contributed by atoms with Crippen LogP contribution in [0, 0.1) is 12.8 Å². The molecule has 7 heteroatoms. The van der Waals surface area contributed by atoms with E-state index in [1.54, 1.807) is 0 Å². The number of piperazine rings is 1. The Bertz CT molecular complexity index is 601. The Morgan fingerprint density at radius 1 is 1.19 bits per heavy atom. The molecule has 1 aromatic heterocycles. The fourth-order valence-corrected chi connectivity index (χ4v) is 4.74. The van der Waals surface area contributed by atoms with Gasteiger partial charge in [0, 0.05) is 58.1 Å². The first-order valence-electron chi connectivity index (χ1n) is 10.2. The Kier molecular flexibility index (Phi) is 5.45. The molecule has 1 atom stereocenters. The highest BCUT2D eigenvalue weighted by molar-refractivity contribution is 5.74. The number of carbonyl (C=O) groups excluding carboxylic acids is 1. The maximum atomic E-state index is 12.4. The number of hydrogen-bond acceptors (Lipinski definition) is 4. The van der Waals surface area contributed by atoms with Gasteiger partial charge in [-0.2, -0.15) is 5.10 Å². The van der Waals surface area contributed by atoms with Crippen molar-refractivity contribution in [2.45, 2.75) is 38.8 Å². The predicted octanol–water partition coefficient (Wildman–Crippen LogP) is 1.00. The average molecular weight is 361 g/mol. The van der Waals surface area contributed by atoms with Crippen molar-refractivity contribution in [2.75, 3.05) is 52.4 Å². The van der Waals surface area contributed by atoms with E-state index in [-0.39, 0.29) is 6.03 Å². The Morgan fingerprint density at radius 3 is 2.58 bits per heavy atom. The maximum absolute atomic E-state index is 12.4. The highest BCUT2D eigenvalue weighted by Crippen LogP contribution is 2.31. The van der Waals surface area contributed by atoms with Crippen LogP contribution in [-0.4, -0.2) is 88.9 Å². The molecule has 1 aromatic rings. The molecule has 4 fully saturated rings. The zero-order chi connectivity index (χ0) is 17.9. The van der Waals surface area contributed by atoms with Gasteiger partial charge in [-0.3, -0.25) is 9.58 Å². The molecule has 4 aliphatic rings. The number of piperidine rings is 3. The van der Waals surface area contributed by atoms with Crippen molar-refractivity contribution < 1.29 is 4.79 Å². The number of aromatic nitrogens is 2. The SMILES string of the molecule is Cc1cnn(CCCNC(=O)N2CCN([C@H]3CN4CCC3CC4)CC2)c1. The molecule has 4 saturated heterocycles. The van der Waals surface area contributed by atoms with Crippen LogP contribution >= 0.6 is 0 Å². The molecule has 0 aliphatic carbocycles. The molecule has 5 rings (SSSR count). The molecule has 1 N–H and O–H groups in total. The minimum Gasteiger partial charge on any atom is -0.338 e. The number of nitrogens with one attached hydrogen (secondary N) is 1. The van der Waals surface area contributed by atoms with Crippen molar-refractivity contribution in [1.82, 2.24) is 29.8 Å². The molecule has 2 amide bonds. The van der Waals surface area contributed by atoms with E-state index in [4.69, 9.17) is 0 Å². The highest BCUT2D eigenvalue weighted by atomic mass is 16.2. The molecular weight excluding hydrogens is 328 g/mol. The van der Waals surface area contributed by atoms with Gasteiger partial charge in [-0.1, -0.05) is 0 Å². The standard InChI is InChI=1S/C19H32N6O/c1-16-13-21-25(14-16)6-2-5-20-19(26)24-11-9-23(10-12-24)18-15-22-7-3-17(18)4-8-22/h13-14,17-18H,2-12,15H2,1H3,(H,20,26)/t18-/m0/s1. The number of amides is 2. The molecule has 0 saturated carbocycles. The van der Waals surface area contributed by atoms with Gasteiger partial charge in [0.1, 0.15) is 0 Å². The van der Waals surface area contributed by atoms with Crippen LogP contribution in [0.25, 0.3) is 0 Å². The quantitative estimate of drug-likeness (QED) is 0.796. The first-order valence-corrected chi connectivity index (χ1v) is 10.2. The average Bonchev–Trinajstić information content (AvgIpc) is 3.11. The molecule has 2 bridgehead atoms. The molecule has 0 spiro atoms. The van der Waals surface area contributed by atoms with Crippen molar-refractivity contribution >= 4 is 6.03 Å². The summed E-state index contributed by atoms with van der Waals surface area (Å²) >= 11 is 0. The monoisotopic (exact) mass is 360 g/mol. The molecule has 144 valence electrons. The summed E-state index contributed by atoms with van der Waals surface area (Å²) in [5, 5.41) is 7.35. The van der Waals surface area contributed by atoms with Crippen LogP contribution in [0.5, 0.6) is 0 Å². The summed E-state index contributed by atoms with van der Waals surface area (Å²) < 4.78 is 1.94. The van der Waals surface area contributed by atoms with Gasteiger partial charge >= 0.3 is 6.03 Å². The van der Waals surface area contributed by atoms with Crippen LogP contribution in [0.1, 0.15) is 24.8 Å². The van der Waals surface area contributed by atoms with Crippen molar-refractivity contribution in [3.05, 3.63) is 18.0 Å². The lowest BCUT2D eigenvalue weighted by Gasteiger charge is -2.50. The Labute approximate surface area is 156 Å². The predicted molar refractivity (Wildman–Crippen MR) is 101 cm³/mol. The van der Waals surface area contributed by atoms with Crippen molar-refractivity contribution in [3.8, 4) is 0 Å². The third-order valence-corrected chi connectivity index (χ3v) is 6.29. The fourth-order valence-electron chi connectivity index (χ4n) is 4.74. The van der Waals surface area contributed by atoms with Gasteiger partial charge in [0.25, 0.3) is 0 Å². The van der Waals surface area contributed by atoms with E-state index in [9.17, 15) is 4.79 Å². The van der Waals surface area contributed by atoms with E-state index in [1.165, 1.54) is 38.0 Å². The van der Waals surface area contributed by atoms with Crippen LogP contribution in [-0.2, 0) is 6.54 Å². The summed E-state index contributed by atoms with van der Waals surface area (Å²) in [6, 6.07) is 0.815. The van der Waals surface area contributed by atoms with Crippen LogP contribution in [0.3, 0.4) is 0 Å². The van der Waals surface area contributed by atoms with Gasteiger partial charge in [-0.25, -0.2) is 4.79 Å². The van der Waals surface area contributed by atoms with E-state index in [0.717, 1.165) is 51.1 Å². The summed E-state index contributed by atoms with van der Waals surface area (Å²) in [6.07, 6.45) is 7.54. The van der Waals surface area contributed by atoms with Gasteiger partial charge in [0.2, 0.25) is 0 Å². The lowest BCUT2D eigenvalue weighted by Crippen LogP contribution is -2.62. The summed E-state index contributed by atoms with van der Waals surface area (Å²) in [6.45, 7) is 11.2. The zero-order valence-corrected chi connectivity index (χ0v) is 15.9. The maximum Gasteiger partial charge on any atom is 0.317 e. The molecule has 7 nitrogen and oxygen atoms in total. The summed E-state index contributed by atoms with van der Waals surface area (Å²) in [5.74, 6) is 0.881. The number of rotatable bonds is 5. The summed E-state index contributed by atoms with van der Waals surface area (Å²) in [7, 11) is 0. The van der Waals surface area contributed by atoms with Gasteiger partial charge in [-0.15, -0.1) is 0 Å². The van der Waals surface area contributed by atoms with Crippen LogP contribution in [0.15, 0.2) is 12.4 Å². The van der Waals surface area contributed by atoms with Crippen LogP contribution in [0.2, 0.25) is 0 Å². The summed E-state index contributed by atoms with van der Waals surface area (Å²) in [4.78, 5) is 19.6. The van der Waals surface area contributed by atoms with Crippen molar-refractivity contribution in [3.63, 3.8) is 0 Å². The topological polar surface area (TPSA) is 56.6 Å². The van der Waals surface area contributed by atoms with Gasteiger partial charge in [0.15, 0.2) is 0 Å². The zero-order valence-electron chi connectivity index (χ0n) is 15.9.